The number of rotatable bonds is 6. The van der Waals surface area contributed by atoms with Gasteiger partial charge in [0, 0.05) is 0 Å². The molecule has 4 aromatic rings. The summed E-state index contributed by atoms with van der Waals surface area (Å²) in [6, 6.07) is 25.2. The highest BCUT2D eigenvalue weighted by Crippen LogP contribution is 2.17. The van der Waals surface area contributed by atoms with Gasteiger partial charge in [0.15, 0.2) is 5.82 Å². The van der Waals surface area contributed by atoms with Crippen LogP contribution in [0.1, 0.15) is 21.7 Å². The Balaban J connectivity index is 1.44. The van der Waals surface area contributed by atoms with Crippen LogP contribution < -0.4 is 4.74 Å². The number of carbonyl (C=O) groups is 1. The predicted octanol–water partition coefficient (Wildman–Crippen LogP) is 5.04. The highest BCUT2D eigenvalue weighted by Gasteiger charge is 2.08. The number of nitrogens with zero attached hydrogens (tertiary/aromatic N) is 1. The van der Waals surface area contributed by atoms with Crippen LogP contribution in [0.4, 0.5) is 0 Å². The molecule has 1 heterocycles. The fourth-order valence-electron chi connectivity index (χ4n) is 2.77. The van der Waals surface area contributed by atoms with Gasteiger partial charge in [0.25, 0.3) is 0 Å². The first-order valence-corrected chi connectivity index (χ1v) is 8.72. The van der Waals surface area contributed by atoms with E-state index < -0.39 is 0 Å². The molecule has 0 atom stereocenters. The molecule has 3 aromatic carbocycles. The fraction of sp³-hybridized carbons (Fsp3) is 0.0435. The van der Waals surface area contributed by atoms with Crippen LogP contribution in [0.3, 0.4) is 0 Å². The molecule has 1 N–H and O–H groups in total. The minimum Gasteiger partial charge on any atom is -0.489 e. The normalized spacial score (nSPS) is 11.1. The first-order valence-electron chi connectivity index (χ1n) is 8.72. The van der Waals surface area contributed by atoms with Crippen molar-refractivity contribution in [3.63, 3.8) is 0 Å². The number of hydrogen-bond acceptors (Lipinski definition) is 3. The summed E-state index contributed by atoms with van der Waals surface area (Å²) >= 11 is 0. The van der Waals surface area contributed by atoms with E-state index >= 15 is 0 Å². The summed E-state index contributed by atoms with van der Waals surface area (Å²) in [5, 5.41) is 0. The summed E-state index contributed by atoms with van der Waals surface area (Å²) < 4.78 is 5.83. The molecule has 0 amide bonds. The van der Waals surface area contributed by atoms with Crippen molar-refractivity contribution in [1.82, 2.24) is 9.97 Å². The zero-order chi connectivity index (χ0) is 18.5. The predicted molar refractivity (Wildman–Crippen MR) is 107 cm³/mol. The topological polar surface area (TPSA) is 55.0 Å². The molecule has 0 spiro atoms. The van der Waals surface area contributed by atoms with Crippen molar-refractivity contribution in [2.24, 2.45) is 0 Å². The second-order valence-electron chi connectivity index (χ2n) is 6.15. The third-order valence-electron chi connectivity index (χ3n) is 4.16. The third kappa shape index (κ3) is 4.12. The summed E-state index contributed by atoms with van der Waals surface area (Å²) in [5.41, 5.74) is 3.64. The number of benzene rings is 3. The minimum atomic E-state index is -0.165. The quantitative estimate of drug-likeness (QED) is 0.390. The summed E-state index contributed by atoms with van der Waals surface area (Å²) in [7, 11) is 0. The first-order chi connectivity index (χ1) is 13.3. The van der Waals surface area contributed by atoms with Gasteiger partial charge in [-0.2, -0.15) is 0 Å². The maximum absolute atomic E-state index is 12.4. The lowest BCUT2D eigenvalue weighted by molar-refractivity contribution is 0.103. The van der Waals surface area contributed by atoms with Gasteiger partial charge in [0.2, 0.25) is 5.78 Å². The van der Waals surface area contributed by atoms with E-state index in [4.69, 9.17) is 4.74 Å². The molecule has 132 valence electrons. The van der Waals surface area contributed by atoms with E-state index in [0.717, 1.165) is 27.9 Å². The molecule has 4 heteroatoms. The van der Waals surface area contributed by atoms with Crippen molar-refractivity contribution in [2.75, 3.05) is 0 Å². The number of aromatic amines is 1. The number of hydrogen-bond donors (Lipinski definition) is 1. The molecule has 0 saturated heterocycles. The number of aromatic nitrogens is 2. The van der Waals surface area contributed by atoms with Crippen molar-refractivity contribution in [1.29, 1.82) is 0 Å². The van der Waals surface area contributed by atoms with E-state index in [0.29, 0.717) is 12.4 Å². The number of allylic oxidation sites excluding steroid dienone is 1. The monoisotopic (exact) mass is 354 g/mol. The van der Waals surface area contributed by atoms with Gasteiger partial charge in [0.1, 0.15) is 12.4 Å². The molecule has 0 fully saturated rings. The molecule has 0 unspecified atom stereocenters. The van der Waals surface area contributed by atoms with Crippen molar-refractivity contribution in [3.05, 3.63) is 102 Å². The molecule has 0 saturated carbocycles. The highest BCUT2D eigenvalue weighted by atomic mass is 16.5. The molecule has 4 nitrogen and oxygen atoms in total. The van der Waals surface area contributed by atoms with Crippen molar-refractivity contribution >= 4 is 22.9 Å². The summed E-state index contributed by atoms with van der Waals surface area (Å²) in [5.74, 6) is 0.933. The number of para-hydroxylation sites is 2. The van der Waals surface area contributed by atoms with Gasteiger partial charge in [-0.05, 0) is 41.5 Å². The molecule has 0 bridgehead atoms. The van der Waals surface area contributed by atoms with Gasteiger partial charge < -0.3 is 9.72 Å². The van der Waals surface area contributed by atoms with Crippen LogP contribution in [0.5, 0.6) is 5.75 Å². The Morgan fingerprint density at radius 1 is 0.963 bits per heavy atom. The minimum absolute atomic E-state index is 0.165. The van der Waals surface area contributed by atoms with Crippen LogP contribution in [-0.4, -0.2) is 15.8 Å². The van der Waals surface area contributed by atoms with Gasteiger partial charge in [0.05, 0.1) is 11.0 Å². The van der Waals surface area contributed by atoms with E-state index in [9.17, 15) is 4.79 Å². The standard InChI is InChI=1S/C23H18N2O2/c26-22(23-24-20-11-4-5-12-21(20)25-23)14-13-17-9-6-10-19(15-17)27-16-18-7-2-1-3-8-18/h1-15H,16H2,(H,24,25)/b14-13+. The van der Waals surface area contributed by atoms with Crippen molar-refractivity contribution < 1.29 is 9.53 Å². The molecule has 4 rings (SSSR count). The Morgan fingerprint density at radius 3 is 2.63 bits per heavy atom. The van der Waals surface area contributed by atoms with Crippen LogP contribution in [0.25, 0.3) is 17.1 Å². The lowest BCUT2D eigenvalue weighted by atomic mass is 10.2. The molecule has 0 aliphatic rings. The molecular formula is C23H18N2O2. The fourth-order valence-corrected chi connectivity index (χ4v) is 2.77. The zero-order valence-corrected chi connectivity index (χ0v) is 14.6. The number of carbonyl (C=O) groups excluding carboxylic acids is 1. The summed E-state index contributed by atoms with van der Waals surface area (Å²) in [6.07, 6.45) is 3.29. The second-order valence-corrected chi connectivity index (χ2v) is 6.15. The Kier molecular flexibility index (Phi) is 4.79. The largest absolute Gasteiger partial charge is 0.489 e. The van der Waals surface area contributed by atoms with E-state index in [1.165, 1.54) is 6.08 Å². The van der Waals surface area contributed by atoms with Crippen molar-refractivity contribution in [3.8, 4) is 5.75 Å². The lowest BCUT2D eigenvalue weighted by Gasteiger charge is -2.06. The summed E-state index contributed by atoms with van der Waals surface area (Å²) in [4.78, 5) is 19.7. The van der Waals surface area contributed by atoms with Gasteiger partial charge >= 0.3 is 0 Å². The Bertz CT molecular complexity index is 1060. The van der Waals surface area contributed by atoms with E-state index in [2.05, 4.69) is 9.97 Å². The van der Waals surface area contributed by atoms with Gasteiger partial charge in [-0.15, -0.1) is 0 Å². The molecule has 0 aliphatic heterocycles. The smallest absolute Gasteiger partial charge is 0.221 e. The van der Waals surface area contributed by atoms with Crippen LogP contribution in [0.15, 0.2) is 84.9 Å². The average Bonchev–Trinajstić information content (AvgIpc) is 3.16. The molecule has 0 radical (unpaired) electrons. The van der Waals surface area contributed by atoms with Crippen LogP contribution in [0.2, 0.25) is 0 Å². The van der Waals surface area contributed by atoms with Crippen LogP contribution >= 0.6 is 0 Å². The maximum atomic E-state index is 12.4. The van der Waals surface area contributed by atoms with Crippen molar-refractivity contribution in [2.45, 2.75) is 6.61 Å². The van der Waals surface area contributed by atoms with E-state index in [1.807, 2.05) is 78.9 Å². The maximum Gasteiger partial charge on any atom is 0.221 e. The molecule has 1 aromatic heterocycles. The van der Waals surface area contributed by atoms with E-state index in [-0.39, 0.29) is 5.78 Å². The molecule has 0 aliphatic carbocycles. The summed E-state index contributed by atoms with van der Waals surface area (Å²) in [6.45, 7) is 0.506. The number of nitrogens with one attached hydrogen (secondary N) is 1. The number of imidazole rings is 1. The number of ether oxygens (including phenoxy) is 1. The lowest BCUT2D eigenvalue weighted by Crippen LogP contribution is -1.97. The van der Waals surface area contributed by atoms with E-state index in [1.54, 1.807) is 6.08 Å². The molecule has 27 heavy (non-hydrogen) atoms. The Hall–Kier alpha value is -3.66. The number of ketones is 1. The average molecular weight is 354 g/mol. The van der Waals surface area contributed by atoms with Crippen LogP contribution in [-0.2, 0) is 6.61 Å². The van der Waals surface area contributed by atoms with Gasteiger partial charge in [-0.1, -0.05) is 60.7 Å². The van der Waals surface area contributed by atoms with Gasteiger partial charge in [-0.3, -0.25) is 4.79 Å². The zero-order valence-electron chi connectivity index (χ0n) is 14.6. The third-order valence-corrected chi connectivity index (χ3v) is 4.16. The number of fused-ring (bicyclic) bond motifs is 1. The SMILES string of the molecule is O=C(/C=C/c1cccc(OCc2ccccc2)c1)c1nc2ccccc2[nH]1. The first kappa shape index (κ1) is 16.8. The molecular weight excluding hydrogens is 336 g/mol. The van der Waals surface area contributed by atoms with Crippen LogP contribution in [0, 0.1) is 0 Å². The Morgan fingerprint density at radius 2 is 1.78 bits per heavy atom. The second kappa shape index (κ2) is 7.70. The Labute approximate surface area is 157 Å². The van der Waals surface area contributed by atoms with Gasteiger partial charge in [-0.25, -0.2) is 4.98 Å². The number of H-pyrrole nitrogens is 1. The highest BCUT2D eigenvalue weighted by molar-refractivity contribution is 6.05.